The summed E-state index contributed by atoms with van der Waals surface area (Å²) in [4.78, 5) is 42.4. The van der Waals surface area contributed by atoms with Crippen molar-refractivity contribution in [2.24, 2.45) is 5.41 Å². The molecule has 0 bridgehead atoms. The van der Waals surface area contributed by atoms with E-state index in [1.54, 1.807) is 12.1 Å². The zero-order chi connectivity index (χ0) is 21.6. The Hall–Kier alpha value is -2.70. The van der Waals surface area contributed by atoms with E-state index < -0.39 is 29.4 Å². The van der Waals surface area contributed by atoms with Crippen LogP contribution in [0.15, 0.2) is 54.6 Å². The summed E-state index contributed by atoms with van der Waals surface area (Å²) >= 11 is 6.09. The van der Waals surface area contributed by atoms with Crippen LogP contribution in [-0.4, -0.2) is 54.8 Å². The Kier molecular flexibility index (Phi) is 5.16. The number of carbonyl (C=O) groups is 3. The van der Waals surface area contributed by atoms with Gasteiger partial charge in [0.15, 0.2) is 0 Å². The van der Waals surface area contributed by atoms with Gasteiger partial charge in [-0.15, -0.1) is 0 Å². The Labute approximate surface area is 180 Å². The lowest BCUT2D eigenvalue weighted by molar-refractivity contribution is -0.146. The molecule has 2 fully saturated rings. The van der Waals surface area contributed by atoms with E-state index in [4.69, 9.17) is 16.3 Å². The lowest BCUT2D eigenvalue weighted by Crippen LogP contribution is -2.41. The second-order valence-electron chi connectivity index (χ2n) is 7.95. The number of nitrogens with zero attached hydrogens (tertiary/aromatic N) is 2. The van der Waals surface area contributed by atoms with Gasteiger partial charge in [-0.1, -0.05) is 54.1 Å². The van der Waals surface area contributed by atoms with Crippen LogP contribution in [0.25, 0.3) is 0 Å². The minimum absolute atomic E-state index is 0.0209. The number of ether oxygens (including phenoxy) is 1. The van der Waals surface area contributed by atoms with Crippen LogP contribution in [0.4, 0.5) is 0 Å². The van der Waals surface area contributed by atoms with Crippen LogP contribution in [0, 0.1) is 5.41 Å². The molecule has 156 valence electrons. The molecule has 2 aromatic rings. The molecular formula is C23H23ClN2O4. The molecule has 0 unspecified atom stereocenters. The van der Waals surface area contributed by atoms with Crippen LogP contribution in [0.3, 0.4) is 0 Å². The van der Waals surface area contributed by atoms with Gasteiger partial charge in [0.05, 0.1) is 18.6 Å². The van der Waals surface area contributed by atoms with Gasteiger partial charge in [0, 0.05) is 24.4 Å². The van der Waals surface area contributed by atoms with Crippen molar-refractivity contribution in [1.29, 1.82) is 0 Å². The van der Waals surface area contributed by atoms with Crippen molar-refractivity contribution in [2.75, 3.05) is 21.2 Å². The molecule has 0 aromatic heterocycles. The van der Waals surface area contributed by atoms with Gasteiger partial charge in [-0.3, -0.25) is 24.2 Å². The molecule has 7 heteroatoms. The van der Waals surface area contributed by atoms with Gasteiger partial charge in [0.2, 0.25) is 11.8 Å². The van der Waals surface area contributed by atoms with Crippen LogP contribution >= 0.6 is 11.6 Å². The zero-order valence-electron chi connectivity index (χ0n) is 17.0. The highest BCUT2D eigenvalue weighted by molar-refractivity contribution is 6.30. The minimum Gasteiger partial charge on any atom is -0.468 e. The van der Waals surface area contributed by atoms with E-state index in [1.165, 1.54) is 19.1 Å². The molecule has 1 spiro atoms. The number of amides is 2. The van der Waals surface area contributed by atoms with Crippen molar-refractivity contribution in [3.63, 3.8) is 0 Å². The van der Waals surface area contributed by atoms with Crippen LogP contribution < -0.4 is 0 Å². The highest BCUT2D eigenvalue weighted by Crippen LogP contribution is 2.62. The number of carbonyl (C=O) groups excluding carboxylic acids is 3. The molecule has 4 atom stereocenters. The Bertz CT molecular complexity index is 994. The highest BCUT2D eigenvalue weighted by Gasteiger charge is 2.69. The van der Waals surface area contributed by atoms with Gasteiger partial charge < -0.3 is 4.74 Å². The topological polar surface area (TPSA) is 66.9 Å². The number of likely N-dealkylation sites (tertiary alicyclic amines) is 2. The number of hydrogen-bond donors (Lipinski definition) is 0. The summed E-state index contributed by atoms with van der Waals surface area (Å²) in [5.41, 5.74) is 0.521. The van der Waals surface area contributed by atoms with E-state index in [0.29, 0.717) is 5.02 Å². The van der Waals surface area contributed by atoms with Gasteiger partial charge in [-0.25, -0.2) is 0 Å². The number of hydrogen-bond acceptors (Lipinski definition) is 5. The number of esters is 1. The van der Waals surface area contributed by atoms with E-state index in [2.05, 4.69) is 0 Å². The van der Waals surface area contributed by atoms with Crippen molar-refractivity contribution in [3.8, 4) is 0 Å². The van der Waals surface area contributed by atoms with Crippen LogP contribution in [0.1, 0.15) is 29.5 Å². The quantitative estimate of drug-likeness (QED) is 0.557. The predicted octanol–water partition coefficient (Wildman–Crippen LogP) is 3.03. The summed E-state index contributed by atoms with van der Waals surface area (Å²) in [6.07, 6.45) is 0.0209. The summed E-state index contributed by atoms with van der Waals surface area (Å²) in [5.74, 6) is -1.51. The summed E-state index contributed by atoms with van der Waals surface area (Å²) in [7, 11) is 4.65. The Morgan fingerprint density at radius 2 is 1.67 bits per heavy atom. The Balaban J connectivity index is 2.00. The molecule has 30 heavy (non-hydrogen) atoms. The van der Waals surface area contributed by atoms with E-state index in [0.717, 1.165) is 11.1 Å². The van der Waals surface area contributed by atoms with Crippen molar-refractivity contribution < 1.29 is 19.1 Å². The number of imide groups is 1. The third kappa shape index (κ3) is 2.86. The van der Waals surface area contributed by atoms with Crippen molar-refractivity contribution >= 4 is 29.4 Å². The third-order valence-corrected chi connectivity index (χ3v) is 6.76. The first-order chi connectivity index (χ1) is 14.3. The van der Waals surface area contributed by atoms with E-state index in [1.807, 2.05) is 54.4 Å². The average Bonchev–Trinajstić information content (AvgIpc) is 3.14. The molecule has 0 N–H and O–H groups in total. The number of rotatable bonds is 3. The molecule has 0 aliphatic carbocycles. The molecule has 6 nitrogen and oxygen atoms in total. The number of methoxy groups -OCH3 is 1. The molecule has 4 rings (SSSR count). The van der Waals surface area contributed by atoms with Gasteiger partial charge in [0.1, 0.15) is 6.04 Å². The monoisotopic (exact) mass is 426 g/mol. The summed E-state index contributed by atoms with van der Waals surface area (Å²) < 4.78 is 5.14. The minimum atomic E-state index is -1.13. The van der Waals surface area contributed by atoms with Gasteiger partial charge >= 0.3 is 5.97 Å². The second kappa shape index (κ2) is 7.52. The van der Waals surface area contributed by atoms with Crippen molar-refractivity contribution in [3.05, 3.63) is 70.7 Å². The van der Waals surface area contributed by atoms with E-state index in [9.17, 15) is 14.4 Å². The van der Waals surface area contributed by atoms with Gasteiger partial charge in [0.25, 0.3) is 0 Å². The third-order valence-electron chi connectivity index (χ3n) is 6.51. The van der Waals surface area contributed by atoms with Crippen molar-refractivity contribution in [1.82, 2.24) is 9.80 Å². The molecule has 2 aliphatic rings. The summed E-state index contributed by atoms with van der Waals surface area (Å²) in [6.45, 7) is 0. The predicted molar refractivity (Wildman–Crippen MR) is 112 cm³/mol. The molecule has 2 heterocycles. The van der Waals surface area contributed by atoms with Crippen LogP contribution in [0.5, 0.6) is 0 Å². The normalized spacial score (nSPS) is 29.1. The molecule has 0 radical (unpaired) electrons. The summed E-state index contributed by atoms with van der Waals surface area (Å²) in [5, 5.41) is 0.573. The largest absolute Gasteiger partial charge is 0.468 e. The number of benzene rings is 2. The fourth-order valence-corrected chi connectivity index (χ4v) is 5.40. The lowest BCUT2D eigenvalue weighted by Gasteiger charge is -2.35. The molecule has 2 saturated heterocycles. The van der Waals surface area contributed by atoms with Gasteiger partial charge in [-0.05, 0) is 30.3 Å². The molecule has 0 saturated carbocycles. The van der Waals surface area contributed by atoms with Crippen molar-refractivity contribution in [2.45, 2.75) is 24.4 Å². The van der Waals surface area contributed by atoms with Crippen LogP contribution in [0.2, 0.25) is 5.02 Å². The Morgan fingerprint density at radius 1 is 1.03 bits per heavy atom. The van der Waals surface area contributed by atoms with Crippen LogP contribution in [-0.2, 0) is 19.1 Å². The smallest absolute Gasteiger partial charge is 0.323 e. The fraction of sp³-hybridized carbons (Fsp3) is 0.348. The standard InChI is InChI=1S/C23H23ClN2O4/c1-25-17(27)13-23(22(25)29)18(14-7-5-4-6-8-14)19(21(28)30-3)26(2)20(23)15-9-11-16(24)12-10-15/h4-12,18-20H,13H2,1-3H3/t18-,19+,20+,23+/m0/s1. The maximum absolute atomic E-state index is 13.7. The highest BCUT2D eigenvalue weighted by atomic mass is 35.5. The Morgan fingerprint density at radius 3 is 2.20 bits per heavy atom. The molecule has 2 amide bonds. The van der Waals surface area contributed by atoms with E-state index in [-0.39, 0.29) is 18.2 Å². The SMILES string of the molecule is COC(=O)[C@H]1[C@H](c2ccccc2)[C@]2(CC(=O)N(C)C2=O)[C@@H](c2ccc(Cl)cc2)N1C. The lowest BCUT2D eigenvalue weighted by atomic mass is 9.65. The first-order valence-corrected chi connectivity index (χ1v) is 10.1. The fourth-order valence-electron chi connectivity index (χ4n) is 5.28. The molecular weight excluding hydrogens is 404 g/mol. The maximum atomic E-state index is 13.7. The van der Waals surface area contributed by atoms with E-state index >= 15 is 0 Å². The first kappa shape index (κ1) is 20.6. The number of likely N-dealkylation sites (N-methyl/N-ethyl adjacent to an activating group) is 1. The zero-order valence-corrected chi connectivity index (χ0v) is 17.8. The first-order valence-electron chi connectivity index (χ1n) is 9.74. The molecule has 2 aromatic carbocycles. The van der Waals surface area contributed by atoms with Gasteiger partial charge in [-0.2, -0.15) is 0 Å². The average molecular weight is 427 g/mol. The number of halogens is 1. The maximum Gasteiger partial charge on any atom is 0.323 e. The molecule has 2 aliphatic heterocycles. The summed E-state index contributed by atoms with van der Waals surface area (Å²) in [6, 6.07) is 15.4. The second-order valence-corrected chi connectivity index (χ2v) is 8.39.